The van der Waals surface area contributed by atoms with Crippen LogP contribution in [-0.2, 0) is 10.5 Å². The van der Waals surface area contributed by atoms with E-state index in [-0.39, 0.29) is 0 Å². The van der Waals surface area contributed by atoms with Crippen LogP contribution in [0.3, 0.4) is 0 Å². The van der Waals surface area contributed by atoms with Gasteiger partial charge in [0.05, 0.1) is 6.21 Å². The fourth-order valence-corrected chi connectivity index (χ4v) is 2.41. The fourth-order valence-electron chi connectivity index (χ4n) is 1.80. The highest BCUT2D eigenvalue weighted by Gasteiger charge is 2.11. The largest absolute Gasteiger partial charge is 0.479 e. The van der Waals surface area contributed by atoms with Gasteiger partial charge in [-0.05, 0) is 42.3 Å². The quantitative estimate of drug-likeness (QED) is 0.451. The van der Waals surface area contributed by atoms with E-state index in [0.717, 1.165) is 11.3 Å². The van der Waals surface area contributed by atoms with E-state index < -0.39 is 12.1 Å². The normalized spacial score (nSPS) is 12.9. The molecule has 1 unspecified atom stereocenters. The fraction of sp³-hybridized carbons (Fsp3) is 0.167. The van der Waals surface area contributed by atoms with Gasteiger partial charge in [0.15, 0.2) is 11.3 Å². The molecule has 0 radical (unpaired) electrons. The van der Waals surface area contributed by atoms with Crippen LogP contribution in [0, 0.1) is 0 Å². The molecule has 0 fully saturated rings. The molecule has 0 aliphatic carbocycles. The minimum atomic E-state index is -1.01. The molecule has 6 nitrogen and oxygen atoms in total. The molecule has 0 bridgehead atoms. The van der Waals surface area contributed by atoms with E-state index in [0.29, 0.717) is 10.9 Å². The summed E-state index contributed by atoms with van der Waals surface area (Å²) < 4.78 is 5.25. The van der Waals surface area contributed by atoms with Gasteiger partial charge in [-0.25, -0.2) is 4.79 Å². The standard InChI is InChI=1S/C18H19N3O3S/c1-13(17(22)23)24-16-9-7-14(8-10-16)11-20-21-18(19)25-12-15-5-3-2-4-6-15/h2-11,13H,12H2,1H3,(H2,19,21)(H,22,23). The van der Waals surface area contributed by atoms with Gasteiger partial charge in [-0.3, -0.25) is 0 Å². The van der Waals surface area contributed by atoms with Crippen molar-refractivity contribution in [3.05, 3.63) is 65.7 Å². The van der Waals surface area contributed by atoms with Crippen molar-refractivity contribution in [3.8, 4) is 5.75 Å². The van der Waals surface area contributed by atoms with Crippen molar-refractivity contribution in [2.24, 2.45) is 15.9 Å². The number of carboxylic acids is 1. The smallest absolute Gasteiger partial charge is 0.344 e. The Kier molecular flexibility index (Phi) is 7.03. The minimum absolute atomic E-state index is 0.385. The lowest BCUT2D eigenvalue weighted by Crippen LogP contribution is -2.22. The summed E-state index contributed by atoms with van der Waals surface area (Å²) in [5, 5.41) is 17.1. The highest BCUT2D eigenvalue weighted by atomic mass is 32.2. The first-order valence-electron chi connectivity index (χ1n) is 7.57. The average molecular weight is 357 g/mol. The van der Waals surface area contributed by atoms with E-state index >= 15 is 0 Å². The lowest BCUT2D eigenvalue weighted by Gasteiger charge is -2.09. The Balaban J connectivity index is 1.85. The van der Waals surface area contributed by atoms with Gasteiger partial charge in [-0.1, -0.05) is 42.1 Å². The van der Waals surface area contributed by atoms with Gasteiger partial charge in [-0.15, -0.1) is 5.10 Å². The van der Waals surface area contributed by atoms with E-state index in [2.05, 4.69) is 10.2 Å². The number of aliphatic carboxylic acids is 1. The van der Waals surface area contributed by atoms with E-state index in [9.17, 15) is 4.79 Å². The van der Waals surface area contributed by atoms with Crippen molar-refractivity contribution in [1.82, 2.24) is 0 Å². The Hall–Kier alpha value is -2.80. The summed E-state index contributed by atoms with van der Waals surface area (Å²) in [5.74, 6) is 0.205. The Morgan fingerprint density at radius 3 is 2.56 bits per heavy atom. The maximum Gasteiger partial charge on any atom is 0.344 e. The molecule has 0 amide bonds. The lowest BCUT2D eigenvalue weighted by atomic mass is 10.2. The predicted molar refractivity (Wildman–Crippen MR) is 101 cm³/mol. The highest BCUT2D eigenvalue weighted by Crippen LogP contribution is 2.14. The first-order valence-corrected chi connectivity index (χ1v) is 8.56. The van der Waals surface area contributed by atoms with E-state index in [1.54, 1.807) is 30.5 Å². The van der Waals surface area contributed by atoms with Gasteiger partial charge >= 0.3 is 5.97 Å². The summed E-state index contributed by atoms with van der Waals surface area (Å²) in [7, 11) is 0. The van der Waals surface area contributed by atoms with Crippen LogP contribution in [0.4, 0.5) is 0 Å². The molecule has 3 N–H and O–H groups in total. The second-order valence-electron chi connectivity index (χ2n) is 5.12. The van der Waals surface area contributed by atoms with Crippen molar-refractivity contribution in [2.75, 3.05) is 0 Å². The summed E-state index contributed by atoms with van der Waals surface area (Å²) in [6, 6.07) is 16.9. The van der Waals surface area contributed by atoms with Crippen molar-refractivity contribution in [1.29, 1.82) is 0 Å². The third-order valence-electron chi connectivity index (χ3n) is 3.13. The van der Waals surface area contributed by atoms with Crippen LogP contribution < -0.4 is 10.5 Å². The Labute approximate surface area is 150 Å². The first-order chi connectivity index (χ1) is 12.0. The molecule has 7 heteroatoms. The van der Waals surface area contributed by atoms with Gasteiger partial charge in [0.2, 0.25) is 0 Å². The van der Waals surface area contributed by atoms with Gasteiger partial charge in [0.1, 0.15) is 5.75 Å². The number of hydrogen-bond donors (Lipinski definition) is 2. The Morgan fingerprint density at radius 1 is 1.24 bits per heavy atom. The first kappa shape index (κ1) is 18.5. The Bertz CT molecular complexity index is 746. The number of carbonyl (C=O) groups is 1. The molecule has 2 aromatic carbocycles. The van der Waals surface area contributed by atoms with Gasteiger partial charge in [-0.2, -0.15) is 5.10 Å². The SMILES string of the molecule is CC(Oc1ccc(C=NN=C(N)SCc2ccccc2)cc1)C(=O)O. The molecule has 0 saturated heterocycles. The topological polar surface area (TPSA) is 97.3 Å². The van der Waals surface area contributed by atoms with Crippen LogP contribution in [0.2, 0.25) is 0 Å². The number of benzene rings is 2. The second-order valence-corrected chi connectivity index (χ2v) is 6.12. The van der Waals surface area contributed by atoms with E-state index in [1.807, 2.05) is 30.3 Å². The molecule has 2 aromatic rings. The summed E-state index contributed by atoms with van der Waals surface area (Å²) in [6.07, 6.45) is 0.672. The monoisotopic (exact) mass is 357 g/mol. The molecule has 0 saturated carbocycles. The zero-order valence-electron chi connectivity index (χ0n) is 13.7. The van der Waals surface area contributed by atoms with Gasteiger partial charge in [0.25, 0.3) is 0 Å². The third kappa shape index (κ3) is 6.68. The van der Waals surface area contributed by atoms with Crippen LogP contribution in [0.5, 0.6) is 5.75 Å². The number of ether oxygens (including phenoxy) is 1. The molecule has 0 heterocycles. The zero-order valence-corrected chi connectivity index (χ0v) is 14.5. The summed E-state index contributed by atoms with van der Waals surface area (Å²) >= 11 is 1.42. The van der Waals surface area contributed by atoms with Crippen LogP contribution in [0.1, 0.15) is 18.1 Å². The second kappa shape index (κ2) is 9.48. The van der Waals surface area contributed by atoms with Crippen molar-refractivity contribution >= 4 is 29.1 Å². The molecule has 25 heavy (non-hydrogen) atoms. The number of thioether (sulfide) groups is 1. The zero-order chi connectivity index (χ0) is 18.1. The number of amidine groups is 1. The highest BCUT2D eigenvalue weighted by molar-refractivity contribution is 8.13. The summed E-state index contributed by atoms with van der Waals surface area (Å²) in [6.45, 7) is 1.47. The molecular weight excluding hydrogens is 338 g/mol. The molecule has 0 aromatic heterocycles. The predicted octanol–water partition coefficient (Wildman–Crippen LogP) is 3.12. The number of hydrogen-bond acceptors (Lipinski definition) is 5. The number of nitrogens with two attached hydrogens (primary N) is 1. The van der Waals surface area contributed by atoms with Crippen LogP contribution in [0.25, 0.3) is 0 Å². The molecule has 130 valence electrons. The molecule has 0 aliphatic rings. The average Bonchev–Trinajstić information content (AvgIpc) is 2.62. The molecule has 1 atom stereocenters. The van der Waals surface area contributed by atoms with Crippen molar-refractivity contribution < 1.29 is 14.6 Å². The molecular formula is C18H19N3O3S. The van der Waals surface area contributed by atoms with Crippen LogP contribution in [0.15, 0.2) is 64.8 Å². The van der Waals surface area contributed by atoms with E-state index in [1.165, 1.54) is 24.2 Å². The third-order valence-corrected chi connectivity index (χ3v) is 3.99. The molecule has 0 aliphatic heterocycles. The van der Waals surface area contributed by atoms with E-state index in [4.69, 9.17) is 15.6 Å². The maximum atomic E-state index is 10.7. The van der Waals surface area contributed by atoms with Crippen LogP contribution in [-0.4, -0.2) is 28.6 Å². The number of carboxylic acid groups (broad SMARTS) is 1. The van der Waals surface area contributed by atoms with Crippen LogP contribution >= 0.6 is 11.8 Å². The van der Waals surface area contributed by atoms with Crippen molar-refractivity contribution in [2.45, 2.75) is 18.8 Å². The van der Waals surface area contributed by atoms with Gasteiger partial charge in [0, 0.05) is 5.75 Å². The number of rotatable bonds is 7. The molecule has 0 spiro atoms. The Morgan fingerprint density at radius 2 is 1.92 bits per heavy atom. The summed E-state index contributed by atoms with van der Waals surface area (Å²) in [4.78, 5) is 10.7. The minimum Gasteiger partial charge on any atom is -0.479 e. The molecule has 2 rings (SSSR count). The lowest BCUT2D eigenvalue weighted by molar-refractivity contribution is -0.144. The van der Waals surface area contributed by atoms with Gasteiger partial charge < -0.3 is 15.6 Å². The van der Waals surface area contributed by atoms with Crippen molar-refractivity contribution in [3.63, 3.8) is 0 Å². The number of nitrogens with zero attached hydrogens (tertiary/aromatic N) is 2. The maximum absolute atomic E-state index is 10.7. The summed E-state index contributed by atoms with van der Waals surface area (Å²) in [5.41, 5.74) is 7.79.